The first kappa shape index (κ1) is 24.7. The van der Waals surface area contributed by atoms with Crippen LogP contribution in [0.4, 0.5) is 0 Å². The van der Waals surface area contributed by atoms with E-state index in [4.69, 9.17) is 4.74 Å². The average molecular weight is 484 g/mol. The van der Waals surface area contributed by atoms with Crippen LogP contribution < -0.4 is 15.4 Å². The standard InChI is InChI=1S/C27H37N3O3S/c1-18-13-19(2)15-21(14-18)33-16-26-29-24(17-34-26)27(32)30-23-10-6-5-9-22(23)28-25(31)12-11-20-7-3-4-8-20/h13-15,17,20,22-23H,3-12,16H2,1-2H3,(H,28,31)(H,30,32). The fourth-order valence-corrected chi connectivity index (χ4v) is 5.96. The molecule has 7 heteroatoms. The van der Waals surface area contributed by atoms with E-state index in [1.54, 1.807) is 5.38 Å². The fraction of sp³-hybridized carbons (Fsp3) is 0.593. The molecule has 2 aliphatic carbocycles. The summed E-state index contributed by atoms with van der Waals surface area (Å²) >= 11 is 1.43. The van der Waals surface area contributed by atoms with Crippen LogP contribution in [0.3, 0.4) is 0 Å². The number of aromatic nitrogens is 1. The van der Waals surface area contributed by atoms with Crippen LogP contribution in [0.5, 0.6) is 5.75 Å². The molecule has 2 aromatic rings. The van der Waals surface area contributed by atoms with Gasteiger partial charge in [-0.15, -0.1) is 11.3 Å². The maximum absolute atomic E-state index is 12.9. The van der Waals surface area contributed by atoms with Crippen molar-refractivity contribution < 1.29 is 14.3 Å². The molecular formula is C27H37N3O3S. The maximum Gasteiger partial charge on any atom is 0.271 e. The number of amides is 2. The van der Waals surface area contributed by atoms with Gasteiger partial charge in [-0.1, -0.05) is 44.6 Å². The number of thiazole rings is 1. The molecule has 2 fully saturated rings. The number of hydrogen-bond donors (Lipinski definition) is 2. The Bertz CT molecular complexity index is 963. The summed E-state index contributed by atoms with van der Waals surface area (Å²) in [7, 11) is 0. The third-order valence-corrected chi connectivity index (χ3v) is 7.85. The van der Waals surface area contributed by atoms with Gasteiger partial charge in [0.2, 0.25) is 5.91 Å². The third kappa shape index (κ3) is 7.05. The number of carbonyl (C=O) groups is 2. The molecule has 2 amide bonds. The van der Waals surface area contributed by atoms with E-state index in [2.05, 4.69) is 21.7 Å². The molecule has 0 spiro atoms. The molecule has 1 heterocycles. The molecule has 184 valence electrons. The van der Waals surface area contributed by atoms with Gasteiger partial charge in [-0.25, -0.2) is 4.98 Å². The van der Waals surface area contributed by atoms with Gasteiger partial charge >= 0.3 is 0 Å². The molecule has 2 N–H and O–H groups in total. The monoisotopic (exact) mass is 483 g/mol. The van der Waals surface area contributed by atoms with Crippen molar-refractivity contribution in [1.29, 1.82) is 0 Å². The summed E-state index contributed by atoms with van der Waals surface area (Å²) in [5, 5.41) is 8.90. The number of aryl methyl sites for hydroxylation is 2. The predicted octanol–water partition coefficient (Wildman–Crippen LogP) is 5.47. The largest absolute Gasteiger partial charge is 0.486 e. The Morgan fingerprint density at radius 2 is 1.62 bits per heavy atom. The second-order valence-electron chi connectivity index (χ2n) is 9.97. The molecule has 34 heavy (non-hydrogen) atoms. The molecule has 0 bridgehead atoms. The molecule has 0 saturated heterocycles. The zero-order valence-corrected chi connectivity index (χ0v) is 21.2. The highest BCUT2D eigenvalue weighted by Gasteiger charge is 2.29. The summed E-state index contributed by atoms with van der Waals surface area (Å²) in [5.41, 5.74) is 2.73. The highest BCUT2D eigenvalue weighted by molar-refractivity contribution is 7.09. The first-order chi connectivity index (χ1) is 16.5. The number of benzene rings is 1. The maximum atomic E-state index is 12.9. The third-order valence-electron chi connectivity index (χ3n) is 7.03. The van der Waals surface area contributed by atoms with Gasteiger partial charge in [0.1, 0.15) is 23.1 Å². The Hall–Kier alpha value is -2.41. The summed E-state index contributed by atoms with van der Waals surface area (Å²) in [5.74, 6) is 1.47. The number of nitrogens with zero attached hydrogens (tertiary/aromatic N) is 1. The lowest BCUT2D eigenvalue weighted by Gasteiger charge is -2.32. The Balaban J connectivity index is 1.27. The zero-order valence-electron chi connectivity index (χ0n) is 20.4. The molecule has 2 unspecified atom stereocenters. The lowest BCUT2D eigenvalue weighted by Crippen LogP contribution is -2.53. The summed E-state index contributed by atoms with van der Waals surface area (Å²) in [6, 6.07) is 6.06. The number of hydrogen-bond acceptors (Lipinski definition) is 5. The molecule has 4 rings (SSSR count). The molecule has 2 saturated carbocycles. The van der Waals surface area contributed by atoms with Gasteiger partial charge in [-0.2, -0.15) is 0 Å². The highest BCUT2D eigenvalue weighted by atomic mass is 32.1. The fourth-order valence-electron chi connectivity index (χ4n) is 5.27. The Morgan fingerprint density at radius 1 is 0.971 bits per heavy atom. The van der Waals surface area contributed by atoms with Crippen LogP contribution in [-0.4, -0.2) is 28.9 Å². The highest BCUT2D eigenvalue weighted by Crippen LogP contribution is 2.28. The van der Waals surface area contributed by atoms with E-state index in [1.807, 2.05) is 26.0 Å². The van der Waals surface area contributed by atoms with E-state index in [0.29, 0.717) is 24.6 Å². The van der Waals surface area contributed by atoms with Crippen LogP contribution in [0.15, 0.2) is 23.6 Å². The van der Waals surface area contributed by atoms with Crippen molar-refractivity contribution in [1.82, 2.24) is 15.6 Å². The lowest BCUT2D eigenvalue weighted by molar-refractivity contribution is -0.122. The van der Waals surface area contributed by atoms with Gasteiger partial charge in [0.15, 0.2) is 0 Å². The van der Waals surface area contributed by atoms with Crippen molar-refractivity contribution >= 4 is 23.2 Å². The summed E-state index contributed by atoms with van der Waals surface area (Å²) in [4.78, 5) is 29.9. The number of nitrogens with one attached hydrogen (secondary N) is 2. The molecule has 2 atom stereocenters. The SMILES string of the molecule is Cc1cc(C)cc(OCc2nc(C(=O)NC3CCCCC3NC(=O)CCC3CCCC3)cs2)c1. The van der Waals surface area contributed by atoms with E-state index in [1.165, 1.54) is 37.0 Å². The van der Waals surface area contributed by atoms with Crippen molar-refractivity contribution in [3.63, 3.8) is 0 Å². The minimum absolute atomic E-state index is 0.000206. The Labute approximate surface area is 206 Å². The summed E-state index contributed by atoms with van der Waals surface area (Å²) < 4.78 is 5.89. The van der Waals surface area contributed by atoms with Crippen LogP contribution in [0.25, 0.3) is 0 Å². The van der Waals surface area contributed by atoms with Crippen LogP contribution >= 0.6 is 11.3 Å². The van der Waals surface area contributed by atoms with E-state index in [-0.39, 0.29) is 23.9 Å². The topological polar surface area (TPSA) is 80.3 Å². The van der Waals surface area contributed by atoms with Gasteiger partial charge in [0.05, 0.1) is 0 Å². The summed E-state index contributed by atoms with van der Waals surface area (Å²) in [6.45, 7) is 4.43. The zero-order chi connectivity index (χ0) is 23.9. The molecule has 0 aliphatic heterocycles. The summed E-state index contributed by atoms with van der Waals surface area (Å²) in [6.07, 6.45) is 10.7. The smallest absolute Gasteiger partial charge is 0.271 e. The van der Waals surface area contributed by atoms with Crippen LogP contribution in [0.2, 0.25) is 0 Å². The molecule has 2 aliphatic rings. The Morgan fingerprint density at radius 3 is 2.32 bits per heavy atom. The normalized spacial score (nSPS) is 20.8. The van der Waals surface area contributed by atoms with E-state index < -0.39 is 0 Å². The second kappa shape index (κ2) is 11.8. The van der Waals surface area contributed by atoms with E-state index >= 15 is 0 Å². The van der Waals surface area contributed by atoms with Crippen LogP contribution in [0.1, 0.15) is 90.8 Å². The molecule has 1 aromatic heterocycles. The number of ether oxygens (including phenoxy) is 1. The van der Waals surface area contributed by atoms with Gasteiger partial charge in [0.25, 0.3) is 5.91 Å². The van der Waals surface area contributed by atoms with Gasteiger partial charge in [0, 0.05) is 23.9 Å². The second-order valence-corrected chi connectivity index (χ2v) is 10.9. The van der Waals surface area contributed by atoms with Crippen molar-refractivity contribution in [3.8, 4) is 5.75 Å². The Kier molecular flexibility index (Phi) is 8.59. The van der Waals surface area contributed by atoms with Gasteiger partial charge < -0.3 is 15.4 Å². The minimum Gasteiger partial charge on any atom is -0.486 e. The lowest BCUT2D eigenvalue weighted by atomic mass is 9.90. The molecule has 6 nitrogen and oxygen atoms in total. The average Bonchev–Trinajstić information content (AvgIpc) is 3.49. The van der Waals surface area contributed by atoms with Crippen LogP contribution in [0, 0.1) is 19.8 Å². The molecule has 1 aromatic carbocycles. The molecular weight excluding hydrogens is 446 g/mol. The van der Waals surface area contributed by atoms with Crippen molar-refractivity contribution in [2.75, 3.05) is 0 Å². The first-order valence-corrected chi connectivity index (χ1v) is 13.6. The molecule has 0 radical (unpaired) electrons. The number of rotatable bonds is 9. The van der Waals surface area contributed by atoms with Crippen molar-refractivity contribution in [2.24, 2.45) is 5.92 Å². The van der Waals surface area contributed by atoms with Gasteiger partial charge in [-0.05, 0) is 62.3 Å². The first-order valence-electron chi connectivity index (χ1n) is 12.7. The van der Waals surface area contributed by atoms with E-state index in [9.17, 15) is 9.59 Å². The predicted molar refractivity (Wildman–Crippen MR) is 135 cm³/mol. The van der Waals surface area contributed by atoms with Gasteiger partial charge in [-0.3, -0.25) is 9.59 Å². The quantitative estimate of drug-likeness (QED) is 0.496. The van der Waals surface area contributed by atoms with Crippen molar-refractivity contribution in [3.05, 3.63) is 45.4 Å². The number of carbonyl (C=O) groups excluding carboxylic acids is 2. The van der Waals surface area contributed by atoms with Crippen molar-refractivity contribution in [2.45, 2.75) is 96.7 Å². The minimum atomic E-state index is -0.175. The van der Waals surface area contributed by atoms with Crippen LogP contribution in [-0.2, 0) is 11.4 Å². The van der Waals surface area contributed by atoms with E-state index in [0.717, 1.165) is 54.0 Å².